The van der Waals surface area contributed by atoms with Gasteiger partial charge in [0.15, 0.2) is 5.84 Å². The lowest BCUT2D eigenvalue weighted by Crippen LogP contribution is -2.53. The molecule has 3 rings (SSSR count). The average Bonchev–Trinajstić information content (AvgIpc) is 2.53. The van der Waals surface area contributed by atoms with Crippen LogP contribution in [0.5, 0.6) is 0 Å². The third-order valence-electron chi connectivity index (χ3n) is 4.39. The van der Waals surface area contributed by atoms with E-state index in [0.29, 0.717) is 24.4 Å². The van der Waals surface area contributed by atoms with Gasteiger partial charge in [-0.3, -0.25) is 0 Å². The Bertz CT molecular complexity index is 548. The number of amidine groups is 1. The van der Waals surface area contributed by atoms with Crippen LogP contribution in [-0.2, 0) is 4.74 Å². The number of oxime groups is 1. The molecule has 1 aliphatic carbocycles. The minimum absolute atomic E-state index is 0.0852. The summed E-state index contributed by atoms with van der Waals surface area (Å²) in [5.74, 6) is -0.428. The molecule has 114 valence electrons. The summed E-state index contributed by atoms with van der Waals surface area (Å²) in [6.45, 7) is 1.32. The molecule has 2 aliphatic rings. The Labute approximate surface area is 123 Å². The zero-order chi connectivity index (χ0) is 14.8. The summed E-state index contributed by atoms with van der Waals surface area (Å²) in [6, 6.07) is 4.95. The minimum Gasteiger partial charge on any atom is -0.409 e. The molecule has 3 N–H and O–H groups in total. The van der Waals surface area contributed by atoms with Crippen LogP contribution in [0.15, 0.2) is 23.4 Å². The summed E-state index contributed by atoms with van der Waals surface area (Å²) < 4.78 is 20.2. The number of halogens is 1. The summed E-state index contributed by atoms with van der Waals surface area (Å²) in [5.41, 5.74) is 6.45. The van der Waals surface area contributed by atoms with Gasteiger partial charge in [0.05, 0.1) is 24.4 Å². The van der Waals surface area contributed by atoms with Crippen molar-refractivity contribution in [1.29, 1.82) is 0 Å². The summed E-state index contributed by atoms with van der Waals surface area (Å²) in [7, 11) is 0. The SMILES string of the molecule is NC(=NO)c1ccc(N2CCOC3CCCCC32)c(F)c1. The standard InChI is InChI=1S/C15H20FN3O2/c16-11-9-10(15(17)18-20)5-6-12(11)19-7-8-21-14-4-2-1-3-13(14)19/h5-6,9,13-14,20H,1-4,7-8H2,(H2,17,18). The third-order valence-corrected chi connectivity index (χ3v) is 4.39. The van der Waals surface area contributed by atoms with Crippen LogP contribution in [0, 0.1) is 5.82 Å². The molecule has 0 aromatic heterocycles. The second-order valence-corrected chi connectivity index (χ2v) is 5.61. The van der Waals surface area contributed by atoms with Crippen molar-refractivity contribution in [2.75, 3.05) is 18.1 Å². The molecule has 1 aliphatic heterocycles. The number of benzene rings is 1. The normalized spacial score (nSPS) is 26.5. The number of nitrogens with zero attached hydrogens (tertiary/aromatic N) is 2. The molecule has 1 saturated heterocycles. The van der Waals surface area contributed by atoms with Crippen molar-refractivity contribution in [1.82, 2.24) is 0 Å². The predicted octanol–water partition coefficient (Wildman–Crippen LogP) is 2.07. The monoisotopic (exact) mass is 293 g/mol. The second-order valence-electron chi connectivity index (χ2n) is 5.61. The molecule has 1 saturated carbocycles. The van der Waals surface area contributed by atoms with E-state index in [4.69, 9.17) is 15.7 Å². The van der Waals surface area contributed by atoms with Crippen LogP contribution in [0.4, 0.5) is 10.1 Å². The molecule has 6 heteroatoms. The fourth-order valence-corrected chi connectivity index (χ4v) is 3.35. The van der Waals surface area contributed by atoms with Crippen molar-refractivity contribution in [3.63, 3.8) is 0 Å². The maximum atomic E-state index is 14.4. The highest BCUT2D eigenvalue weighted by Crippen LogP contribution is 2.33. The van der Waals surface area contributed by atoms with E-state index in [1.165, 1.54) is 12.5 Å². The van der Waals surface area contributed by atoms with Gasteiger partial charge in [-0.15, -0.1) is 0 Å². The van der Waals surface area contributed by atoms with E-state index < -0.39 is 0 Å². The first kappa shape index (κ1) is 14.1. The molecule has 1 aromatic rings. The van der Waals surface area contributed by atoms with Crippen molar-refractivity contribution in [2.24, 2.45) is 10.9 Å². The van der Waals surface area contributed by atoms with Gasteiger partial charge >= 0.3 is 0 Å². The molecule has 0 radical (unpaired) electrons. The molecular weight excluding hydrogens is 273 g/mol. The summed E-state index contributed by atoms with van der Waals surface area (Å²) in [4.78, 5) is 2.11. The van der Waals surface area contributed by atoms with Crippen molar-refractivity contribution in [3.8, 4) is 0 Å². The van der Waals surface area contributed by atoms with Crippen LogP contribution in [-0.4, -0.2) is 36.3 Å². The zero-order valence-electron chi connectivity index (χ0n) is 11.8. The first-order valence-corrected chi connectivity index (χ1v) is 7.36. The highest BCUT2D eigenvalue weighted by molar-refractivity contribution is 5.97. The maximum absolute atomic E-state index is 14.4. The van der Waals surface area contributed by atoms with Gasteiger partial charge < -0.3 is 20.6 Å². The van der Waals surface area contributed by atoms with Crippen molar-refractivity contribution in [3.05, 3.63) is 29.6 Å². The van der Waals surface area contributed by atoms with Crippen molar-refractivity contribution in [2.45, 2.75) is 37.8 Å². The van der Waals surface area contributed by atoms with Crippen LogP contribution in [0.25, 0.3) is 0 Å². The van der Waals surface area contributed by atoms with E-state index in [0.717, 1.165) is 19.3 Å². The van der Waals surface area contributed by atoms with Crippen molar-refractivity contribution < 1.29 is 14.3 Å². The van der Waals surface area contributed by atoms with Gasteiger partial charge in [0, 0.05) is 12.1 Å². The molecule has 21 heavy (non-hydrogen) atoms. The summed E-state index contributed by atoms with van der Waals surface area (Å²) in [6.07, 6.45) is 4.62. The molecule has 0 amide bonds. The van der Waals surface area contributed by atoms with Crippen LogP contribution in [0.1, 0.15) is 31.2 Å². The van der Waals surface area contributed by atoms with Gasteiger partial charge in [-0.1, -0.05) is 18.0 Å². The lowest BCUT2D eigenvalue weighted by molar-refractivity contribution is -0.00891. The molecule has 2 fully saturated rings. The summed E-state index contributed by atoms with van der Waals surface area (Å²) >= 11 is 0. The Kier molecular flexibility index (Phi) is 3.96. The number of hydrogen-bond donors (Lipinski definition) is 2. The Hall–Kier alpha value is -1.82. The highest BCUT2D eigenvalue weighted by atomic mass is 19.1. The Morgan fingerprint density at radius 3 is 2.95 bits per heavy atom. The maximum Gasteiger partial charge on any atom is 0.170 e. The molecule has 5 nitrogen and oxygen atoms in total. The van der Waals surface area contributed by atoms with Gasteiger partial charge in [-0.25, -0.2) is 4.39 Å². The van der Waals surface area contributed by atoms with Crippen LogP contribution in [0.2, 0.25) is 0 Å². The van der Waals surface area contributed by atoms with Crippen LogP contribution < -0.4 is 10.6 Å². The quantitative estimate of drug-likeness (QED) is 0.379. The van der Waals surface area contributed by atoms with Gasteiger partial charge in [0.2, 0.25) is 0 Å². The largest absolute Gasteiger partial charge is 0.409 e. The minimum atomic E-state index is -0.342. The molecule has 0 bridgehead atoms. The lowest BCUT2D eigenvalue weighted by Gasteiger charge is -2.45. The molecule has 2 unspecified atom stereocenters. The van der Waals surface area contributed by atoms with E-state index >= 15 is 0 Å². The van der Waals surface area contributed by atoms with Gasteiger partial charge in [-0.05, 0) is 31.0 Å². The highest BCUT2D eigenvalue weighted by Gasteiger charge is 2.35. The Balaban J connectivity index is 1.88. The topological polar surface area (TPSA) is 71.1 Å². The van der Waals surface area contributed by atoms with E-state index in [1.54, 1.807) is 12.1 Å². The number of hydrogen-bond acceptors (Lipinski definition) is 4. The average molecular weight is 293 g/mol. The van der Waals surface area contributed by atoms with Crippen LogP contribution in [0.3, 0.4) is 0 Å². The first-order chi connectivity index (χ1) is 10.2. The van der Waals surface area contributed by atoms with E-state index in [2.05, 4.69) is 10.1 Å². The Morgan fingerprint density at radius 2 is 2.19 bits per heavy atom. The number of anilines is 1. The van der Waals surface area contributed by atoms with Crippen LogP contribution >= 0.6 is 0 Å². The fraction of sp³-hybridized carbons (Fsp3) is 0.533. The first-order valence-electron chi connectivity index (χ1n) is 7.36. The van der Waals surface area contributed by atoms with E-state index in [9.17, 15) is 4.39 Å². The number of fused-ring (bicyclic) bond motifs is 1. The molecule has 1 aromatic carbocycles. The van der Waals surface area contributed by atoms with Crippen molar-refractivity contribution >= 4 is 11.5 Å². The second kappa shape index (κ2) is 5.89. The summed E-state index contributed by atoms with van der Waals surface area (Å²) in [5, 5.41) is 11.6. The molecule has 1 heterocycles. The van der Waals surface area contributed by atoms with E-state index in [1.807, 2.05) is 0 Å². The predicted molar refractivity (Wildman–Crippen MR) is 78.3 cm³/mol. The van der Waals surface area contributed by atoms with Gasteiger partial charge in [-0.2, -0.15) is 0 Å². The molecule has 2 atom stereocenters. The zero-order valence-corrected chi connectivity index (χ0v) is 11.8. The third kappa shape index (κ3) is 2.68. The molecule has 0 spiro atoms. The Morgan fingerprint density at radius 1 is 1.38 bits per heavy atom. The number of rotatable bonds is 2. The number of ether oxygens (including phenoxy) is 1. The lowest BCUT2D eigenvalue weighted by atomic mass is 9.89. The van der Waals surface area contributed by atoms with Gasteiger partial charge in [0.25, 0.3) is 0 Å². The number of nitrogens with two attached hydrogens (primary N) is 1. The fourth-order valence-electron chi connectivity index (χ4n) is 3.35. The number of morpholine rings is 1. The van der Waals surface area contributed by atoms with E-state index in [-0.39, 0.29) is 23.8 Å². The van der Waals surface area contributed by atoms with Gasteiger partial charge in [0.1, 0.15) is 5.82 Å². The molecular formula is C15H20FN3O2. The smallest absolute Gasteiger partial charge is 0.170 e.